The SMILES string of the molecule is O=C(COc1ccc(C(F)(F)F)cc1)NNc1cccc(C(F)(F)F)c1. The van der Waals surface area contributed by atoms with Gasteiger partial charge in [0.1, 0.15) is 5.75 Å². The summed E-state index contributed by atoms with van der Waals surface area (Å²) in [6.45, 7) is -0.544. The van der Waals surface area contributed by atoms with Crippen LogP contribution < -0.4 is 15.6 Å². The van der Waals surface area contributed by atoms with Crippen LogP contribution in [0.3, 0.4) is 0 Å². The van der Waals surface area contributed by atoms with Crippen LogP contribution in [-0.2, 0) is 17.1 Å². The molecular formula is C16H12F6N2O2. The van der Waals surface area contributed by atoms with Gasteiger partial charge in [-0.15, -0.1) is 0 Å². The van der Waals surface area contributed by atoms with Gasteiger partial charge in [0.25, 0.3) is 5.91 Å². The third-order valence-electron chi connectivity index (χ3n) is 3.09. The summed E-state index contributed by atoms with van der Waals surface area (Å²) in [6.07, 6.45) is -9.00. The van der Waals surface area contributed by atoms with Gasteiger partial charge < -0.3 is 4.74 Å². The Bertz CT molecular complexity index is 757. The summed E-state index contributed by atoms with van der Waals surface area (Å²) in [5.74, 6) is -0.700. The van der Waals surface area contributed by atoms with Gasteiger partial charge in [-0.3, -0.25) is 15.6 Å². The molecule has 0 aliphatic carbocycles. The number of carbonyl (C=O) groups excluding carboxylic acids is 1. The van der Waals surface area contributed by atoms with Gasteiger partial charge in [0.2, 0.25) is 0 Å². The van der Waals surface area contributed by atoms with Gasteiger partial charge in [0.05, 0.1) is 16.8 Å². The lowest BCUT2D eigenvalue weighted by Crippen LogP contribution is -2.33. The maximum atomic E-state index is 12.6. The van der Waals surface area contributed by atoms with Crippen molar-refractivity contribution in [3.63, 3.8) is 0 Å². The summed E-state index contributed by atoms with van der Waals surface area (Å²) < 4.78 is 80.0. The largest absolute Gasteiger partial charge is 0.484 e. The zero-order valence-electron chi connectivity index (χ0n) is 12.9. The fourth-order valence-corrected chi connectivity index (χ4v) is 1.84. The lowest BCUT2D eigenvalue weighted by molar-refractivity contribution is -0.138. The lowest BCUT2D eigenvalue weighted by Gasteiger charge is -2.12. The van der Waals surface area contributed by atoms with Crippen LogP contribution in [-0.4, -0.2) is 12.5 Å². The number of anilines is 1. The fraction of sp³-hybridized carbons (Fsp3) is 0.188. The van der Waals surface area contributed by atoms with Crippen LogP contribution in [0.2, 0.25) is 0 Å². The Morgan fingerprint density at radius 1 is 0.885 bits per heavy atom. The molecule has 10 heteroatoms. The minimum atomic E-state index is -4.52. The monoisotopic (exact) mass is 378 g/mol. The van der Waals surface area contributed by atoms with Crippen molar-refractivity contribution in [1.29, 1.82) is 0 Å². The second-order valence-electron chi connectivity index (χ2n) is 5.06. The van der Waals surface area contributed by atoms with E-state index in [1.54, 1.807) is 0 Å². The molecule has 0 bridgehead atoms. The zero-order valence-corrected chi connectivity index (χ0v) is 12.9. The highest BCUT2D eigenvalue weighted by Gasteiger charge is 2.31. The summed E-state index contributed by atoms with van der Waals surface area (Å²) in [4.78, 5) is 11.6. The van der Waals surface area contributed by atoms with E-state index in [9.17, 15) is 31.1 Å². The normalized spacial score (nSPS) is 11.8. The Kier molecular flexibility index (Phi) is 5.63. The third kappa shape index (κ3) is 5.57. The van der Waals surface area contributed by atoms with Crippen molar-refractivity contribution < 1.29 is 35.9 Å². The maximum absolute atomic E-state index is 12.6. The number of alkyl halides is 6. The predicted octanol–water partition coefficient (Wildman–Crippen LogP) is 4.25. The summed E-state index contributed by atoms with van der Waals surface area (Å²) >= 11 is 0. The minimum Gasteiger partial charge on any atom is -0.484 e. The molecule has 0 atom stereocenters. The van der Waals surface area contributed by atoms with Crippen molar-refractivity contribution in [1.82, 2.24) is 5.43 Å². The highest BCUT2D eigenvalue weighted by molar-refractivity contribution is 5.78. The third-order valence-corrected chi connectivity index (χ3v) is 3.09. The van der Waals surface area contributed by atoms with E-state index < -0.39 is 36.0 Å². The van der Waals surface area contributed by atoms with E-state index in [0.717, 1.165) is 42.5 Å². The van der Waals surface area contributed by atoms with Gasteiger partial charge >= 0.3 is 12.4 Å². The van der Waals surface area contributed by atoms with E-state index in [-0.39, 0.29) is 11.4 Å². The summed E-state index contributed by atoms with van der Waals surface area (Å²) in [5.41, 5.74) is 2.67. The van der Waals surface area contributed by atoms with Crippen molar-refractivity contribution in [2.24, 2.45) is 0 Å². The van der Waals surface area contributed by atoms with Gasteiger partial charge in [-0.05, 0) is 42.5 Å². The minimum absolute atomic E-state index is 0.00250. The van der Waals surface area contributed by atoms with E-state index in [1.807, 2.05) is 0 Å². The highest BCUT2D eigenvalue weighted by Crippen LogP contribution is 2.31. The first-order chi connectivity index (χ1) is 12.1. The molecule has 2 aromatic carbocycles. The van der Waals surface area contributed by atoms with Crippen LogP contribution in [0.5, 0.6) is 5.75 Å². The molecule has 0 aromatic heterocycles. The molecule has 4 nitrogen and oxygen atoms in total. The molecule has 0 saturated carbocycles. The average molecular weight is 378 g/mol. The number of nitrogens with one attached hydrogen (secondary N) is 2. The van der Waals surface area contributed by atoms with Crippen LogP contribution in [0.15, 0.2) is 48.5 Å². The maximum Gasteiger partial charge on any atom is 0.416 e. The first kappa shape index (κ1) is 19.4. The number of rotatable bonds is 5. The van der Waals surface area contributed by atoms with Crippen LogP contribution >= 0.6 is 0 Å². The molecule has 0 heterocycles. The molecule has 0 spiro atoms. The number of ether oxygens (including phenoxy) is 1. The molecule has 0 aliphatic heterocycles. The lowest BCUT2D eigenvalue weighted by atomic mass is 10.2. The molecule has 0 aliphatic rings. The van der Waals surface area contributed by atoms with Gasteiger partial charge in [0, 0.05) is 0 Å². The van der Waals surface area contributed by atoms with E-state index in [4.69, 9.17) is 4.74 Å². The van der Waals surface area contributed by atoms with Crippen molar-refractivity contribution >= 4 is 11.6 Å². The summed E-state index contributed by atoms with van der Waals surface area (Å²) in [7, 11) is 0. The van der Waals surface area contributed by atoms with Crippen LogP contribution in [0.4, 0.5) is 32.0 Å². The van der Waals surface area contributed by atoms with Crippen molar-refractivity contribution in [2.75, 3.05) is 12.0 Å². The number of benzene rings is 2. The summed E-state index contributed by atoms with van der Waals surface area (Å²) in [5, 5.41) is 0. The van der Waals surface area contributed by atoms with Crippen LogP contribution in [0, 0.1) is 0 Å². The van der Waals surface area contributed by atoms with Crippen molar-refractivity contribution in [3.8, 4) is 5.75 Å². The Balaban J connectivity index is 1.84. The molecule has 0 radical (unpaired) electrons. The molecule has 0 saturated heterocycles. The van der Waals surface area contributed by atoms with Gasteiger partial charge in [-0.1, -0.05) is 6.07 Å². The average Bonchev–Trinajstić information content (AvgIpc) is 2.57. The standard InChI is InChI=1S/C16H12F6N2O2/c17-15(18,19)10-4-6-13(7-5-10)26-9-14(25)24-23-12-3-1-2-11(8-12)16(20,21)22/h1-8,23H,9H2,(H,24,25). The number of hydrazine groups is 1. The fourth-order valence-electron chi connectivity index (χ4n) is 1.84. The molecule has 2 N–H and O–H groups in total. The van der Waals surface area contributed by atoms with E-state index in [2.05, 4.69) is 10.9 Å². The number of hydrogen-bond donors (Lipinski definition) is 2. The Morgan fingerprint density at radius 3 is 2.08 bits per heavy atom. The van der Waals surface area contributed by atoms with Gasteiger partial charge in [0.15, 0.2) is 6.61 Å². The highest BCUT2D eigenvalue weighted by atomic mass is 19.4. The predicted molar refractivity (Wildman–Crippen MR) is 80.1 cm³/mol. The molecule has 26 heavy (non-hydrogen) atoms. The van der Waals surface area contributed by atoms with E-state index in [0.29, 0.717) is 0 Å². The van der Waals surface area contributed by atoms with Crippen LogP contribution in [0.1, 0.15) is 11.1 Å². The number of halogens is 6. The molecular weight excluding hydrogens is 366 g/mol. The Hall–Kier alpha value is -2.91. The van der Waals surface area contributed by atoms with E-state index >= 15 is 0 Å². The number of amides is 1. The second kappa shape index (κ2) is 7.54. The zero-order chi connectivity index (χ0) is 19.4. The van der Waals surface area contributed by atoms with Gasteiger partial charge in [-0.25, -0.2) is 0 Å². The molecule has 2 rings (SSSR count). The van der Waals surface area contributed by atoms with Crippen LogP contribution in [0.25, 0.3) is 0 Å². The first-order valence-corrected chi connectivity index (χ1v) is 7.08. The topological polar surface area (TPSA) is 50.4 Å². The van der Waals surface area contributed by atoms with E-state index in [1.165, 1.54) is 6.07 Å². The molecule has 1 amide bonds. The quantitative estimate of drug-likeness (QED) is 0.604. The Labute approximate surface area is 143 Å². The Morgan fingerprint density at radius 2 is 1.50 bits per heavy atom. The second-order valence-corrected chi connectivity index (χ2v) is 5.06. The molecule has 140 valence electrons. The smallest absolute Gasteiger partial charge is 0.416 e. The van der Waals surface area contributed by atoms with Crippen molar-refractivity contribution in [2.45, 2.75) is 12.4 Å². The molecule has 2 aromatic rings. The van der Waals surface area contributed by atoms with Crippen molar-refractivity contribution in [3.05, 3.63) is 59.7 Å². The summed E-state index contributed by atoms with van der Waals surface area (Å²) in [6, 6.07) is 7.86. The molecule has 0 fully saturated rings. The van der Waals surface area contributed by atoms with Gasteiger partial charge in [-0.2, -0.15) is 26.3 Å². The number of hydrogen-bond acceptors (Lipinski definition) is 3. The molecule has 0 unspecified atom stereocenters. The number of carbonyl (C=O) groups is 1. The first-order valence-electron chi connectivity index (χ1n) is 7.08.